The number of carbonyl (C=O) groups is 1. The number of nitrogens with zero attached hydrogens (tertiary/aromatic N) is 1. The first kappa shape index (κ1) is 16.2. The Bertz CT molecular complexity index is 919. The van der Waals surface area contributed by atoms with Crippen molar-refractivity contribution in [1.82, 2.24) is 4.98 Å². The van der Waals surface area contributed by atoms with E-state index in [0.29, 0.717) is 28.4 Å². The molecule has 1 heterocycles. The van der Waals surface area contributed by atoms with Crippen LogP contribution in [0.1, 0.15) is 17.7 Å². The Morgan fingerprint density at radius 1 is 1.08 bits per heavy atom. The van der Waals surface area contributed by atoms with Gasteiger partial charge in [0, 0.05) is 22.9 Å². The average molecular weight is 333 g/mol. The first-order valence-corrected chi connectivity index (χ1v) is 7.35. The van der Waals surface area contributed by atoms with Crippen molar-refractivity contribution in [2.75, 3.05) is 7.11 Å². The lowest BCUT2D eigenvalue weighted by Crippen LogP contribution is -2.06. The van der Waals surface area contributed by atoms with E-state index in [2.05, 4.69) is 9.72 Å². The van der Waals surface area contributed by atoms with Crippen LogP contribution in [0.3, 0.4) is 0 Å². The topological polar surface area (TPSA) is 39.2 Å². The number of hydrogen-bond acceptors (Lipinski definition) is 3. The fourth-order valence-electron chi connectivity index (χ4n) is 2.71. The maximum atomic E-state index is 13.0. The summed E-state index contributed by atoms with van der Waals surface area (Å²) in [6.07, 6.45) is -3.87. The molecule has 0 unspecified atom stereocenters. The number of aryl methyl sites for hydroxylation is 1. The molecule has 0 amide bonds. The number of alkyl halides is 3. The van der Waals surface area contributed by atoms with E-state index in [9.17, 15) is 18.0 Å². The van der Waals surface area contributed by atoms with E-state index in [1.807, 2.05) is 0 Å². The summed E-state index contributed by atoms with van der Waals surface area (Å²) in [7, 11) is 1.31. The number of halogens is 3. The first-order chi connectivity index (χ1) is 11.4. The number of carbonyl (C=O) groups excluding carboxylic acids is 1. The number of rotatable bonds is 3. The second-order valence-electron chi connectivity index (χ2n) is 5.41. The zero-order valence-electron chi connectivity index (χ0n) is 12.9. The summed E-state index contributed by atoms with van der Waals surface area (Å²) < 4.78 is 43.5. The maximum Gasteiger partial charge on any atom is 0.416 e. The number of fused-ring (bicyclic) bond motifs is 3. The van der Waals surface area contributed by atoms with Gasteiger partial charge in [0.15, 0.2) is 0 Å². The predicted molar refractivity (Wildman–Crippen MR) is 84.6 cm³/mol. The Hall–Kier alpha value is -2.63. The van der Waals surface area contributed by atoms with Crippen molar-refractivity contribution in [2.24, 2.45) is 0 Å². The van der Waals surface area contributed by atoms with Crippen LogP contribution < -0.4 is 0 Å². The maximum absolute atomic E-state index is 13.0. The summed E-state index contributed by atoms with van der Waals surface area (Å²) in [5, 5.41) is 1.88. The van der Waals surface area contributed by atoms with Gasteiger partial charge in [0.1, 0.15) is 0 Å². The summed E-state index contributed by atoms with van der Waals surface area (Å²) in [6.45, 7) is 0. The zero-order chi connectivity index (χ0) is 17.3. The molecule has 0 radical (unpaired) electrons. The highest BCUT2D eigenvalue weighted by Crippen LogP contribution is 2.34. The molecule has 0 aliphatic heterocycles. The number of esters is 1. The van der Waals surface area contributed by atoms with E-state index in [-0.39, 0.29) is 12.4 Å². The van der Waals surface area contributed by atoms with Gasteiger partial charge >= 0.3 is 12.1 Å². The number of methoxy groups -OCH3 is 1. The van der Waals surface area contributed by atoms with Crippen molar-refractivity contribution in [3.05, 3.63) is 53.7 Å². The lowest BCUT2D eigenvalue weighted by Gasteiger charge is -2.12. The van der Waals surface area contributed by atoms with Gasteiger partial charge in [0.2, 0.25) is 0 Å². The Kier molecular flexibility index (Phi) is 4.13. The van der Waals surface area contributed by atoms with E-state index < -0.39 is 11.7 Å². The zero-order valence-corrected chi connectivity index (χ0v) is 12.9. The van der Waals surface area contributed by atoms with Crippen LogP contribution in [0.4, 0.5) is 13.2 Å². The Morgan fingerprint density at radius 3 is 2.46 bits per heavy atom. The SMILES string of the molecule is COC(=O)CCc1nc2ccc(C(F)(F)F)cc2c2ccccc12. The minimum atomic E-state index is -4.40. The molecule has 0 atom stereocenters. The van der Waals surface area contributed by atoms with Crippen molar-refractivity contribution in [3.8, 4) is 0 Å². The summed E-state index contributed by atoms with van der Waals surface area (Å²) in [6, 6.07) is 10.6. The molecule has 24 heavy (non-hydrogen) atoms. The first-order valence-electron chi connectivity index (χ1n) is 7.35. The number of ether oxygens (including phenoxy) is 1. The molecule has 3 aromatic rings. The number of hydrogen-bond donors (Lipinski definition) is 0. The van der Waals surface area contributed by atoms with Gasteiger partial charge in [-0.25, -0.2) is 0 Å². The van der Waals surface area contributed by atoms with Crippen LogP contribution in [0, 0.1) is 0 Å². The molecule has 0 aliphatic carbocycles. The van der Waals surface area contributed by atoms with Crippen LogP contribution in [0.5, 0.6) is 0 Å². The summed E-state index contributed by atoms with van der Waals surface area (Å²) >= 11 is 0. The summed E-state index contributed by atoms with van der Waals surface area (Å²) in [5.74, 6) is -0.353. The molecule has 0 spiro atoms. The normalized spacial score (nSPS) is 11.8. The minimum absolute atomic E-state index is 0.166. The molecule has 3 rings (SSSR count). The molecule has 0 fully saturated rings. The Labute approximate surface area is 136 Å². The van der Waals surface area contributed by atoms with Gasteiger partial charge in [-0.05, 0) is 23.6 Å². The van der Waals surface area contributed by atoms with Crippen molar-refractivity contribution in [1.29, 1.82) is 0 Å². The van der Waals surface area contributed by atoms with Crippen LogP contribution >= 0.6 is 0 Å². The molecule has 2 aromatic carbocycles. The van der Waals surface area contributed by atoms with Crippen LogP contribution in [-0.4, -0.2) is 18.1 Å². The van der Waals surface area contributed by atoms with Gasteiger partial charge in [-0.15, -0.1) is 0 Å². The van der Waals surface area contributed by atoms with Crippen molar-refractivity contribution in [3.63, 3.8) is 0 Å². The largest absolute Gasteiger partial charge is 0.469 e. The van der Waals surface area contributed by atoms with E-state index in [1.54, 1.807) is 24.3 Å². The lowest BCUT2D eigenvalue weighted by atomic mass is 10.00. The van der Waals surface area contributed by atoms with Crippen LogP contribution in [0.15, 0.2) is 42.5 Å². The van der Waals surface area contributed by atoms with E-state index in [1.165, 1.54) is 13.2 Å². The van der Waals surface area contributed by atoms with Gasteiger partial charge in [-0.1, -0.05) is 24.3 Å². The average Bonchev–Trinajstić information content (AvgIpc) is 2.58. The third kappa shape index (κ3) is 3.04. The fraction of sp³-hybridized carbons (Fsp3) is 0.222. The molecular weight excluding hydrogens is 319 g/mol. The van der Waals surface area contributed by atoms with Crippen molar-refractivity contribution < 1.29 is 22.7 Å². The molecule has 3 nitrogen and oxygen atoms in total. The summed E-state index contributed by atoms with van der Waals surface area (Å²) in [4.78, 5) is 15.8. The quantitative estimate of drug-likeness (QED) is 0.523. The number of pyridine rings is 1. The number of benzene rings is 2. The highest BCUT2D eigenvalue weighted by atomic mass is 19.4. The highest BCUT2D eigenvalue weighted by Gasteiger charge is 2.30. The molecule has 0 aliphatic rings. The lowest BCUT2D eigenvalue weighted by molar-refractivity contribution is -0.140. The van der Waals surface area contributed by atoms with Crippen LogP contribution in [0.2, 0.25) is 0 Å². The van der Waals surface area contributed by atoms with Gasteiger partial charge < -0.3 is 4.74 Å². The summed E-state index contributed by atoms with van der Waals surface area (Å²) in [5.41, 5.74) is 0.439. The third-order valence-corrected chi connectivity index (χ3v) is 3.90. The predicted octanol–water partition coefficient (Wildman–Crippen LogP) is 4.51. The fourth-order valence-corrected chi connectivity index (χ4v) is 2.71. The second-order valence-corrected chi connectivity index (χ2v) is 5.41. The molecule has 1 aromatic heterocycles. The molecule has 0 N–H and O–H groups in total. The molecule has 0 saturated heterocycles. The van der Waals surface area contributed by atoms with Crippen LogP contribution in [-0.2, 0) is 22.1 Å². The van der Waals surface area contributed by atoms with Gasteiger partial charge in [0.25, 0.3) is 0 Å². The molecule has 6 heteroatoms. The van der Waals surface area contributed by atoms with Crippen molar-refractivity contribution >= 4 is 27.6 Å². The molecular formula is C18H14F3NO2. The van der Waals surface area contributed by atoms with Gasteiger partial charge in [-0.2, -0.15) is 13.2 Å². The third-order valence-electron chi connectivity index (χ3n) is 3.90. The van der Waals surface area contributed by atoms with E-state index >= 15 is 0 Å². The van der Waals surface area contributed by atoms with E-state index in [0.717, 1.165) is 17.5 Å². The minimum Gasteiger partial charge on any atom is -0.469 e. The molecule has 0 bridgehead atoms. The molecule has 124 valence electrons. The standard InChI is InChI=1S/C18H14F3NO2/c1-24-17(23)9-8-15-13-5-3-2-4-12(13)14-10-11(18(19,20)21)6-7-16(14)22-15/h2-7,10H,8-9H2,1H3. The molecule has 0 saturated carbocycles. The van der Waals surface area contributed by atoms with Gasteiger partial charge in [0.05, 0.1) is 24.6 Å². The highest BCUT2D eigenvalue weighted by molar-refractivity contribution is 6.06. The second kappa shape index (κ2) is 6.11. The van der Waals surface area contributed by atoms with E-state index in [4.69, 9.17) is 0 Å². The monoisotopic (exact) mass is 333 g/mol. The number of aromatic nitrogens is 1. The Morgan fingerprint density at radius 2 is 1.79 bits per heavy atom. The van der Waals surface area contributed by atoms with Crippen LogP contribution in [0.25, 0.3) is 21.7 Å². The smallest absolute Gasteiger partial charge is 0.416 e. The van der Waals surface area contributed by atoms with Gasteiger partial charge in [-0.3, -0.25) is 9.78 Å². The van der Waals surface area contributed by atoms with Crippen molar-refractivity contribution in [2.45, 2.75) is 19.0 Å². The Balaban J connectivity index is 2.19.